The molecule has 120 valence electrons. The molecular formula is C13H10BrN3O4S2. The van der Waals surface area contributed by atoms with Crippen molar-refractivity contribution in [2.45, 2.75) is 4.21 Å². The molecule has 0 spiro atoms. The number of esters is 1. The molecule has 2 N–H and O–H groups in total. The molecule has 0 atom stereocenters. The number of carbonyl (C=O) groups excluding carboxylic acids is 1. The SMILES string of the molecule is COC(=O)c1n[nH]c2ccc(NS(=O)(=O)c3ccc(Br)s3)cc12. The van der Waals surface area contributed by atoms with Gasteiger partial charge in [0.15, 0.2) is 5.69 Å². The maximum atomic E-state index is 12.3. The van der Waals surface area contributed by atoms with Crippen LogP contribution in [0.5, 0.6) is 0 Å². The molecule has 3 aromatic rings. The Morgan fingerprint density at radius 2 is 2.13 bits per heavy atom. The van der Waals surface area contributed by atoms with Gasteiger partial charge in [-0.15, -0.1) is 11.3 Å². The molecule has 1 aromatic carbocycles. The van der Waals surface area contributed by atoms with Gasteiger partial charge in [0.05, 0.1) is 16.4 Å². The topological polar surface area (TPSA) is 101 Å². The first-order chi connectivity index (χ1) is 10.9. The molecule has 2 heterocycles. The first-order valence-electron chi connectivity index (χ1n) is 6.25. The van der Waals surface area contributed by atoms with Gasteiger partial charge in [-0.05, 0) is 46.3 Å². The number of aromatic nitrogens is 2. The van der Waals surface area contributed by atoms with Crippen molar-refractivity contribution in [1.29, 1.82) is 0 Å². The molecule has 0 fully saturated rings. The lowest BCUT2D eigenvalue weighted by Gasteiger charge is -2.06. The van der Waals surface area contributed by atoms with Crippen LogP contribution in [-0.4, -0.2) is 31.7 Å². The van der Waals surface area contributed by atoms with E-state index in [0.717, 1.165) is 15.1 Å². The predicted molar refractivity (Wildman–Crippen MR) is 90.3 cm³/mol. The van der Waals surface area contributed by atoms with Crippen molar-refractivity contribution in [3.05, 3.63) is 39.8 Å². The second-order valence-electron chi connectivity index (χ2n) is 4.49. The number of rotatable bonds is 4. The molecule has 0 aliphatic carbocycles. The molecule has 0 saturated heterocycles. The van der Waals surface area contributed by atoms with E-state index in [1.54, 1.807) is 18.2 Å². The Labute approximate surface area is 143 Å². The van der Waals surface area contributed by atoms with E-state index in [4.69, 9.17) is 0 Å². The third kappa shape index (κ3) is 3.09. The maximum absolute atomic E-state index is 12.3. The number of H-pyrrole nitrogens is 1. The van der Waals surface area contributed by atoms with Crippen LogP contribution in [0.4, 0.5) is 5.69 Å². The second-order valence-corrected chi connectivity index (χ2v) is 8.86. The number of nitrogens with zero attached hydrogens (tertiary/aromatic N) is 1. The number of hydrogen-bond acceptors (Lipinski definition) is 6. The van der Waals surface area contributed by atoms with Crippen molar-refractivity contribution in [2.24, 2.45) is 0 Å². The summed E-state index contributed by atoms with van der Waals surface area (Å²) in [7, 11) is -2.44. The van der Waals surface area contributed by atoms with E-state index in [0.29, 0.717) is 16.6 Å². The van der Waals surface area contributed by atoms with Crippen LogP contribution < -0.4 is 4.72 Å². The molecule has 0 aliphatic rings. The van der Waals surface area contributed by atoms with Crippen LogP contribution in [0, 0.1) is 0 Å². The molecular weight excluding hydrogens is 406 g/mol. The van der Waals surface area contributed by atoms with Crippen LogP contribution in [0.15, 0.2) is 38.3 Å². The third-order valence-corrected chi connectivity index (χ3v) is 6.50. The van der Waals surface area contributed by atoms with E-state index in [2.05, 4.69) is 35.6 Å². The number of methoxy groups -OCH3 is 1. The monoisotopic (exact) mass is 415 g/mol. The van der Waals surface area contributed by atoms with Crippen molar-refractivity contribution in [1.82, 2.24) is 10.2 Å². The number of anilines is 1. The quantitative estimate of drug-likeness (QED) is 0.637. The molecule has 3 rings (SSSR count). The minimum atomic E-state index is -3.69. The first-order valence-corrected chi connectivity index (χ1v) is 9.34. The summed E-state index contributed by atoms with van der Waals surface area (Å²) in [5, 5.41) is 7.06. The van der Waals surface area contributed by atoms with Crippen LogP contribution in [0.1, 0.15) is 10.5 Å². The molecule has 0 radical (unpaired) electrons. The van der Waals surface area contributed by atoms with Gasteiger partial charge in [0.1, 0.15) is 4.21 Å². The van der Waals surface area contributed by atoms with Gasteiger partial charge in [-0.3, -0.25) is 9.82 Å². The Kier molecular flexibility index (Phi) is 4.13. The number of benzene rings is 1. The summed E-state index contributed by atoms with van der Waals surface area (Å²) >= 11 is 4.34. The summed E-state index contributed by atoms with van der Waals surface area (Å²) in [5.74, 6) is -0.599. The molecule has 0 saturated carbocycles. The molecule has 7 nitrogen and oxygen atoms in total. The van der Waals surface area contributed by atoms with E-state index < -0.39 is 16.0 Å². The van der Waals surface area contributed by atoms with E-state index in [-0.39, 0.29) is 9.90 Å². The van der Waals surface area contributed by atoms with Gasteiger partial charge >= 0.3 is 5.97 Å². The fourth-order valence-corrected chi connectivity index (χ4v) is 5.04. The zero-order chi connectivity index (χ0) is 16.6. The number of carbonyl (C=O) groups is 1. The summed E-state index contributed by atoms with van der Waals surface area (Å²) in [6.45, 7) is 0. The van der Waals surface area contributed by atoms with Crippen molar-refractivity contribution in [3.63, 3.8) is 0 Å². The van der Waals surface area contributed by atoms with Gasteiger partial charge in [-0.1, -0.05) is 0 Å². The van der Waals surface area contributed by atoms with E-state index in [1.807, 2.05) is 0 Å². The predicted octanol–water partition coefficient (Wildman–Crippen LogP) is 2.97. The van der Waals surface area contributed by atoms with Crippen molar-refractivity contribution in [3.8, 4) is 0 Å². The van der Waals surface area contributed by atoms with E-state index >= 15 is 0 Å². The Bertz CT molecular complexity index is 994. The lowest BCUT2D eigenvalue weighted by Crippen LogP contribution is -2.11. The van der Waals surface area contributed by atoms with Crippen molar-refractivity contribution < 1.29 is 17.9 Å². The molecule has 0 unspecified atom stereocenters. The molecule has 2 aromatic heterocycles. The Morgan fingerprint density at radius 3 is 2.78 bits per heavy atom. The second kappa shape index (κ2) is 5.95. The first kappa shape index (κ1) is 16.0. The molecule has 23 heavy (non-hydrogen) atoms. The maximum Gasteiger partial charge on any atom is 0.359 e. The molecule has 10 heteroatoms. The number of halogens is 1. The smallest absolute Gasteiger partial charge is 0.359 e. The number of thiophene rings is 1. The number of sulfonamides is 1. The highest BCUT2D eigenvalue weighted by Gasteiger charge is 2.19. The average molecular weight is 416 g/mol. The van der Waals surface area contributed by atoms with E-state index in [9.17, 15) is 13.2 Å². The standard InChI is InChI=1S/C13H10BrN3O4S2/c1-21-13(18)12-8-6-7(2-3-9(8)15-16-12)17-23(19,20)11-5-4-10(14)22-11/h2-6,17H,1H3,(H,15,16). The molecule has 0 aliphatic heterocycles. The van der Waals surface area contributed by atoms with Gasteiger partial charge in [0, 0.05) is 11.1 Å². The summed E-state index contributed by atoms with van der Waals surface area (Å²) in [6.07, 6.45) is 0. The Balaban J connectivity index is 1.99. The van der Waals surface area contributed by atoms with Crippen LogP contribution in [0.3, 0.4) is 0 Å². The molecule has 0 amide bonds. The highest BCUT2D eigenvalue weighted by atomic mass is 79.9. The lowest BCUT2D eigenvalue weighted by atomic mass is 10.2. The van der Waals surface area contributed by atoms with Gasteiger partial charge in [0.2, 0.25) is 0 Å². The van der Waals surface area contributed by atoms with Crippen LogP contribution in [-0.2, 0) is 14.8 Å². The molecule has 0 bridgehead atoms. The Hall–Kier alpha value is -1.91. The fourth-order valence-electron chi connectivity index (χ4n) is 1.98. The summed E-state index contributed by atoms with van der Waals surface area (Å²) in [4.78, 5) is 11.7. The normalized spacial score (nSPS) is 11.6. The zero-order valence-electron chi connectivity index (χ0n) is 11.7. The van der Waals surface area contributed by atoms with Crippen LogP contribution in [0.2, 0.25) is 0 Å². The number of aromatic amines is 1. The third-order valence-electron chi connectivity index (χ3n) is 3.01. The van der Waals surface area contributed by atoms with Crippen molar-refractivity contribution >= 4 is 59.8 Å². The summed E-state index contributed by atoms with van der Waals surface area (Å²) < 4.78 is 32.7. The minimum absolute atomic E-state index is 0.0995. The number of fused-ring (bicyclic) bond motifs is 1. The largest absolute Gasteiger partial charge is 0.464 e. The minimum Gasteiger partial charge on any atom is -0.464 e. The van der Waals surface area contributed by atoms with Crippen LogP contribution >= 0.6 is 27.3 Å². The number of nitrogens with one attached hydrogen (secondary N) is 2. The number of ether oxygens (including phenoxy) is 1. The summed E-state index contributed by atoms with van der Waals surface area (Å²) in [6, 6.07) is 7.92. The van der Waals surface area contributed by atoms with Crippen LogP contribution in [0.25, 0.3) is 10.9 Å². The van der Waals surface area contributed by atoms with Crippen molar-refractivity contribution in [2.75, 3.05) is 11.8 Å². The highest BCUT2D eigenvalue weighted by molar-refractivity contribution is 9.11. The average Bonchev–Trinajstić information content (AvgIpc) is 3.12. The van der Waals surface area contributed by atoms with E-state index in [1.165, 1.54) is 19.2 Å². The van der Waals surface area contributed by atoms with Gasteiger partial charge in [-0.2, -0.15) is 5.10 Å². The summed E-state index contributed by atoms with van der Waals surface area (Å²) in [5.41, 5.74) is 1.03. The van der Waals surface area contributed by atoms with Gasteiger partial charge in [0.25, 0.3) is 10.0 Å². The van der Waals surface area contributed by atoms with Gasteiger partial charge in [-0.25, -0.2) is 13.2 Å². The lowest BCUT2D eigenvalue weighted by molar-refractivity contribution is 0.0596. The Morgan fingerprint density at radius 1 is 1.35 bits per heavy atom. The number of hydrogen-bond donors (Lipinski definition) is 2. The van der Waals surface area contributed by atoms with Gasteiger partial charge < -0.3 is 4.74 Å². The zero-order valence-corrected chi connectivity index (χ0v) is 14.9. The highest BCUT2D eigenvalue weighted by Crippen LogP contribution is 2.28. The fraction of sp³-hybridized carbons (Fsp3) is 0.0769.